The lowest BCUT2D eigenvalue weighted by Crippen LogP contribution is -2.10. The largest absolute Gasteiger partial charge is 0.481 e. The number of thiophene rings is 1. The van der Waals surface area contributed by atoms with E-state index in [1.807, 2.05) is 0 Å². The third kappa shape index (κ3) is 2.47. The molecular formula is C11H9N3O3S3. The standard InChI is InChI=1S/C11H9N3O3S3/c1-17-8-5-4-7-10(13-8)19-11(12-7)14-20(15,16)9-3-2-6-18-9/h2-6H,1H3,(H,12,14). The van der Waals surface area contributed by atoms with Crippen molar-refractivity contribution >= 4 is 48.2 Å². The number of nitrogens with zero attached hydrogens (tertiary/aromatic N) is 2. The summed E-state index contributed by atoms with van der Waals surface area (Å²) in [4.78, 5) is 9.03. The number of methoxy groups -OCH3 is 1. The molecule has 0 bridgehead atoms. The van der Waals surface area contributed by atoms with Gasteiger partial charge in [-0.3, -0.25) is 4.72 Å². The monoisotopic (exact) mass is 327 g/mol. The highest BCUT2D eigenvalue weighted by Crippen LogP contribution is 2.28. The molecule has 9 heteroatoms. The molecule has 6 nitrogen and oxygen atoms in total. The van der Waals surface area contributed by atoms with Crippen LogP contribution < -0.4 is 9.46 Å². The fourth-order valence-electron chi connectivity index (χ4n) is 1.54. The predicted molar refractivity (Wildman–Crippen MR) is 79.1 cm³/mol. The van der Waals surface area contributed by atoms with E-state index in [4.69, 9.17) is 4.74 Å². The fourth-order valence-corrected chi connectivity index (χ4v) is 4.60. The van der Waals surface area contributed by atoms with Crippen LogP contribution in [0.3, 0.4) is 0 Å². The van der Waals surface area contributed by atoms with Crippen molar-refractivity contribution in [3.05, 3.63) is 29.6 Å². The number of pyridine rings is 1. The lowest BCUT2D eigenvalue weighted by Gasteiger charge is -2.00. The summed E-state index contributed by atoms with van der Waals surface area (Å²) in [6.45, 7) is 0. The Morgan fingerprint density at radius 3 is 2.80 bits per heavy atom. The zero-order chi connectivity index (χ0) is 14.2. The highest BCUT2D eigenvalue weighted by Gasteiger charge is 2.17. The van der Waals surface area contributed by atoms with Crippen molar-refractivity contribution in [1.29, 1.82) is 0 Å². The van der Waals surface area contributed by atoms with Crippen molar-refractivity contribution < 1.29 is 13.2 Å². The molecule has 3 rings (SSSR count). The lowest BCUT2D eigenvalue weighted by atomic mass is 10.4. The number of nitrogens with one attached hydrogen (secondary N) is 1. The van der Waals surface area contributed by atoms with E-state index in [9.17, 15) is 8.42 Å². The minimum absolute atomic E-state index is 0.252. The number of anilines is 1. The van der Waals surface area contributed by atoms with Gasteiger partial charge in [0.15, 0.2) is 5.13 Å². The molecular weight excluding hydrogens is 318 g/mol. The molecule has 0 amide bonds. The van der Waals surface area contributed by atoms with Gasteiger partial charge < -0.3 is 4.74 Å². The molecule has 0 atom stereocenters. The van der Waals surface area contributed by atoms with Crippen molar-refractivity contribution in [2.24, 2.45) is 0 Å². The summed E-state index contributed by atoms with van der Waals surface area (Å²) >= 11 is 2.32. The molecule has 0 aromatic carbocycles. The van der Waals surface area contributed by atoms with Crippen LogP contribution in [0.5, 0.6) is 5.88 Å². The van der Waals surface area contributed by atoms with Crippen LogP contribution in [0.4, 0.5) is 5.13 Å². The average Bonchev–Trinajstić information content (AvgIpc) is 3.06. The van der Waals surface area contributed by atoms with E-state index in [2.05, 4.69) is 14.7 Å². The molecule has 3 heterocycles. The van der Waals surface area contributed by atoms with Crippen LogP contribution in [0.2, 0.25) is 0 Å². The molecule has 0 spiro atoms. The molecule has 3 aromatic rings. The van der Waals surface area contributed by atoms with Gasteiger partial charge in [0.2, 0.25) is 5.88 Å². The van der Waals surface area contributed by atoms with Crippen LogP contribution in [-0.2, 0) is 10.0 Å². The SMILES string of the molecule is COc1ccc2nc(NS(=O)(=O)c3cccs3)sc2n1. The van der Waals surface area contributed by atoms with Crippen molar-refractivity contribution in [1.82, 2.24) is 9.97 Å². The van der Waals surface area contributed by atoms with E-state index >= 15 is 0 Å². The molecule has 20 heavy (non-hydrogen) atoms. The van der Waals surface area contributed by atoms with Crippen LogP contribution in [0.1, 0.15) is 0 Å². The quantitative estimate of drug-likeness (QED) is 0.796. The van der Waals surface area contributed by atoms with Gasteiger partial charge in [-0.15, -0.1) is 11.3 Å². The van der Waals surface area contributed by atoms with Crippen molar-refractivity contribution in [2.75, 3.05) is 11.8 Å². The molecule has 0 unspecified atom stereocenters. The average molecular weight is 327 g/mol. The first-order valence-electron chi connectivity index (χ1n) is 5.46. The summed E-state index contributed by atoms with van der Waals surface area (Å²) in [5, 5.41) is 1.99. The van der Waals surface area contributed by atoms with Crippen molar-refractivity contribution in [3.63, 3.8) is 0 Å². The first-order valence-corrected chi connectivity index (χ1v) is 8.64. The molecule has 0 aliphatic rings. The first kappa shape index (κ1) is 13.3. The molecule has 3 aromatic heterocycles. The number of hydrogen-bond donors (Lipinski definition) is 1. The van der Waals surface area contributed by atoms with Gasteiger partial charge in [-0.2, -0.15) is 0 Å². The summed E-state index contributed by atoms with van der Waals surface area (Å²) in [6.07, 6.45) is 0. The van der Waals surface area contributed by atoms with E-state index in [1.165, 1.54) is 7.11 Å². The van der Waals surface area contributed by atoms with Gasteiger partial charge in [-0.25, -0.2) is 18.4 Å². The molecule has 0 saturated heterocycles. The topological polar surface area (TPSA) is 81.2 Å². The normalized spacial score (nSPS) is 11.7. The molecule has 0 saturated carbocycles. The number of thiazole rings is 1. The Labute approximate surface area is 123 Å². The summed E-state index contributed by atoms with van der Waals surface area (Å²) in [5.41, 5.74) is 0.625. The smallest absolute Gasteiger partial charge is 0.273 e. The number of rotatable bonds is 4. The zero-order valence-electron chi connectivity index (χ0n) is 10.2. The summed E-state index contributed by atoms with van der Waals surface area (Å²) in [6, 6.07) is 6.64. The van der Waals surface area contributed by atoms with Gasteiger partial charge in [0.1, 0.15) is 14.6 Å². The maximum Gasteiger partial charge on any atom is 0.273 e. The van der Waals surface area contributed by atoms with Gasteiger partial charge >= 0.3 is 0 Å². The molecule has 0 aliphatic heterocycles. The maximum atomic E-state index is 12.1. The van der Waals surface area contributed by atoms with Crippen LogP contribution >= 0.6 is 22.7 Å². The molecule has 104 valence electrons. The lowest BCUT2D eigenvalue weighted by molar-refractivity contribution is 0.400. The third-order valence-corrected chi connectivity index (χ3v) is 6.17. The van der Waals surface area contributed by atoms with Gasteiger partial charge in [-0.05, 0) is 17.5 Å². The van der Waals surface area contributed by atoms with Crippen LogP contribution in [0.15, 0.2) is 33.9 Å². The van der Waals surface area contributed by atoms with E-state index in [1.54, 1.807) is 29.6 Å². The number of fused-ring (bicyclic) bond motifs is 1. The highest BCUT2D eigenvalue weighted by atomic mass is 32.2. The predicted octanol–water partition coefficient (Wildman–Crippen LogP) is 2.56. The summed E-state index contributed by atoms with van der Waals surface area (Å²) in [5.74, 6) is 0.466. The first-order chi connectivity index (χ1) is 9.58. The number of aromatic nitrogens is 2. The summed E-state index contributed by atoms with van der Waals surface area (Å²) < 4.78 is 31.9. The number of ether oxygens (including phenoxy) is 1. The van der Waals surface area contributed by atoms with Crippen LogP contribution in [0, 0.1) is 0 Å². The maximum absolute atomic E-state index is 12.1. The molecule has 0 radical (unpaired) electrons. The fraction of sp³-hybridized carbons (Fsp3) is 0.0909. The Morgan fingerprint density at radius 1 is 1.25 bits per heavy atom. The second-order valence-electron chi connectivity index (χ2n) is 3.73. The third-order valence-electron chi connectivity index (χ3n) is 2.42. The van der Waals surface area contributed by atoms with Crippen LogP contribution in [-0.4, -0.2) is 25.5 Å². The minimum Gasteiger partial charge on any atom is -0.481 e. The molecule has 0 aliphatic carbocycles. The Balaban J connectivity index is 1.95. The van der Waals surface area contributed by atoms with Crippen LogP contribution in [0.25, 0.3) is 10.3 Å². The Kier molecular flexibility index (Phi) is 3.32. The Hall–Kier alpha value is -1.71. The Morgan fingerprint density at radius 2 is 2.10 bits per heavy atom. The summed E-state index contributed by atoms with van der Waals surface area (Å²) in [7, 11) is -2.05. The second-order valence-corrected chi connectivity index (χ2v) is 7.57. The van der Waals surface area contributed by atoms with E-state index in [0.29, 0.717) is 16.2 Å². The molecule has 0 fully saturated rings. The highest BCUT2D eigenvalue weighted by molar-refractivity contribution is 7.94. The van der Waals surface area contributed by atoms with E-state index in [-0.39, 0.29) is 9.34 Å². The zero-order valence-corrected chi connectivity index (χ0v) is 12.7. The Bertz CT molecular complexity index is 840. The molecule has 1 N–H and O–H groups in total. The van der Waals surface area contributed by atoms with Gasteiger partial charge in [0, 0.05) is 6.07 Å². The van der Waals surface area contributed by atoms with Crippen molar-refractivity contribution in [2.45, 2.75) is 4.21 Å². The van der Waals surface area contributed by atoms with Gasteiger partial charge in [0.05, 0.1) is 7.11 Å². The van der Waals surface area contributed by atoms with Gasteiger partial charge in [0.25, 0.3) is 10.0 Å². The minimum atomic E-state index is -3.58. The van der Waals surface area contributed by atoms with E-state index < -0.39 is 10.0 Å². The van der Waals surface area contributed by atoms with Crippen molar-refractivity contribution in [3.8, 4) is 5.88 Å². The number of hydrogen-bond acceptors (Lipinski definition) is 7. The van der Waals surface area contributed by atoms with E-state index in [0.717, 1.165) is 22.7 Å². The second kappa shape index (κ2) is 5.00. The number of sulfonamides is 1. The van der Waals surface area contributed by atoms with Gasteiger partial charge in [-0.1, -0.05) is 17.4 Å².